The zero-order valence-electron chi connectivity index (χ0n) is 14.9. The maximum absolute atomic E-state index is 12.7. The van der Waals surface area contributed by atoms with Crippen LogP contribution in [0.3, 0.4) is 0 Å². The molecule has 1 aromatic heterocycles. The average molecular weight is 369 g/mol. The summed E-state index contributed by atoms with van der Waals surface area (Å²) in [4.78, 5) is 14.3. The Bertz CT molecular complexity index is 687. The molecule has 0 spiro atoms. The third-order valence-corrected chi connectivity index (χ3v) is 7.88. The smallest absolute Gasteiger partial charge is 0.249 e. The minimum absolute atomic E-state index is 0.0228. The number of hydrogen-bond acceptors (Lipinski definition) is 5. The molecule has 25 heavy (non-hydrogen) atoms. The van der Waals surface area contributed by atoms with Gasteiger partial charge < -0.3 is 9.47 Å². The molecule has 8 heteroatoms. The summed E-state index contributed by atoms with van der Waals surface area (Å²) in [6.45, 7) is 1.04. The fraction of sp³-hybridized carbons (Fsp3) is 0.824. The summed E-state index contributed by atoms with van der Waals surface area (Å²) in [6, 6.07) is 0. The van der Waals surface area contributed by atoms with Gasteiger partial charge in [-0.15, -0.1) is 10.2 Å². The van der Waals surface area contributed by atoms with Gasteiger partial charge in [0.25, 0.3) is 0 Å². The van der Waals surface area contributed by atoms with E-state index >= 15 is 0 Å². The number of hydrogen-bond donors (Lipinski definition) is 0. The molecule has 1 saturated heterocycles. The molecule has 140 valence electrons. The van der Waals surface area contributed by atoms with E-state index in [2.05, 4.69) is 10.2 Å². The van der Waals surface area contributed by atoms with E-state index in [9.17, 15) is 13.2 Å². The Morgan fingerprint density at radius 1 is 1.16 bits per heavy atom. The van der Waals surface area contributed by atoms with Crippen LogP contribution in [0.4, 0.5) is 0 Å². The fourth-order valence-corrected chi connectivity index (χ4v) is 5.80. The Kier molecular flexibility index (Phi) is 5.76. The lowest BCUT2D eigenvalue weighted by molar-refractivity contribution is -0.132. The topological polar surface area (TPSA) is 85.2 Å². The van der Waals surface area contributed by atoms with Crippen molar-refractivity contribution in [2.24, 2.45) is 13.0 Å². The van der Waals surface area contributed by atoms with Gasteiger partial charge in [-0.2, -0.15) is 0 Å². The van der Waals surface area contributed by atoms with Gasteiger partial charge in [0, 0.05) is 26.6 Å². The van der Waals surface area contributed by atoms with Crippen LogP contribution in [0.5, 0.6) is 0 Å². The molecule has 0 bridgehead atoms. The first-order valence-electron chi connectivity index (χ1n) is 9.34. The predicted octanol–water partition coefficient (Wildman–Crippen LogP) is 1.94. The van der Waals surface area contributed by atoms with Gasteiger partial charge in [-0.05, 0) is 25.2 Å². The van der Waals surface area contributed by atoms with Crippen molar-refractivity contribution in [3.8, 4) is 0 Å². The average Bonchev–Trinajstić information content (AvgIpc) is 3.07. The van der Waals surface area contributed by atoms with Crippen molar-refractivity contribution < 1.29 is 13.2 Å². The van der Waals surface area contributed by atoms with Gasteiger partial charge in [0.05, 0.1) is 5.25 Å². The number of carbonyl (C=O) groups is 1. The van der Waals surface area contributed by atoms with E-state index in [1.807, 2.05) is 4.90 Å². The minimum Gasteiger partial charge on any atom is -0.343 e. The number of piperidine rings is 1. The van der Waals surface area contributed by atoms with Crippen LogP contribution in [-0.2, 0) is 21.7 Å². The number of amides is 1. The van der Waals surface area contributed by atoms with E-state index in [4.69, 9.17) is 0 Å². The first kappa shape index (κ1) is 18.4. The highest BCUT2D eigenvalue weighted by Crippen LogP contribution is 2.28. The summed E-state index contributed by atoms with van der Waals surface area (Å²) in [5, 5.41) is 6.95. The van der Waals surface area contributed by atoms with Crippen molar-refractivity contribution >= 4 is 15.7 Å². The van der Waals surface area contributed by atoms with E-state index in [1.165, 1.54) is 43.0 Å². The predicted molar refractivity (Wildman–Crippen MR) is 93.6 cm³/mol. The second-order valence-corrected chi connectivity index (χ2v) is 9.51. The van der Waals surface area contributed by atoms with Gasteiger partial charge in [-0.3, -0.25) is 4.79 Å². The van der Waals surface area contributed by atoms with Gasteiger partial charge in [-0.25, -0.2) is 8.42 Å². The second kappa shape index (κ2) is 7.85. The zero-order chi connectivity index (χ0) is 17.9. The van der Waals surface area contributed by atoms with Crippen molar-refractivity contribution in [3.63, 3.8) is 0 Å². The van der Waals surface area contributed by atoms with Gasteiger partial charge in [0.2, 0.25) is 20.9 Å². The Balaban J connectivity index is 1.49. The highest BCUT2D eigenvalue weighted by molar-refractivity contribution is 7.91. The Morgan fingerprint density at radius 3 is 2.44 bits per heavy atom. The van der Waals surface area contributed by atoms with E-state index < -0.39 is 15.1 Å². The minimum atomic E-state index is -3.48. The first-order chi connectivity index (χ1) is 12.0. The Hall–Kier alpha value is -1.44. The lowest BCUT2D eigenvalue weighted by Gasteiger charge is -2.32. The number of aryl methyl sites for hydroxylation is 1. The first-order valence-corrected chi connectivity index (χ1v) is 10.9. The van der Waals surface area contributed by atoms with E-state index in [0.717, 1.165) is 6.42 Å². The molecular formula is C17H28N4O3S. The highest BCUT2D eigenvalue weighted by atomic mass is 32.2. The molecule has 1 aliphatic carbocycles. The van der Waals surface area contributed by atoms with Crippen LogP contribution in [0, 0.1) is 5.92 Å². The van der Waals surface area contributed by atoms with Gasteiger partial charge in [-0.1, -0.05) is 32.1 Å². The molecule has 1 amide bonds. The van der Waals surface area contributed by atoms with Crippen molar-refractivity contribution in [3.05, 3.63) is 6.33 Å². The van der Waals surface area contributed by atoms with E-state index in [0.29, 0.717) is 38.3 Å². The molecule has 1 aromatic rings. The zero-order valence-corrected chi connectivity index (χ0v) is 15.7. The molecule has 7 nitrogen and oxygen atoms in total. The quantitative estimate of drug-likeness (QED) is 0.793. The van der Waals surface area contributed by atoms with Crippen molar-refractivity contribution in [2.75, 3.05) is 13.1 Å². The summed E-state index contributed by atoms with van der Waals surface area (Å²) >= 11 is 0. The van der Waals surface area contributed by atoms with Crippen LogP contribution in [0.25, 0.3) is 0 Å². The number of nitrogens with zero attached hydrogens (tertiary/aromatic N) is 4. The highest BCUT2D eigenvalue weighted by Gasteiger charge is 2.35. The molecule has 1 saturated carbocycles. The fourth-order valence-electron chi connectivity index (χ4n) is 4.06. The van der Waals surface area contributed by atoms with Gasteiger partial charge in [0.1, 0.15) is 6.33 Å². The molecule has 0 N–H and O–H groups in total. The summed E-state index contributed by atoms with van der Waals surface area (Å²) in [5.41, 5.74) is 0. The molecule has 2 heterocycles. The Labute approximate surface area is 149 Å². The molecule has 2 fully saturated rings. The monoisotopic (exact) mass is 368 g/mol. The third-order valence-electron chi connectivity index (χ3n) is 5.65. The van der Waals surface area contributed by atoms with Crippen LogP contribution in [0.15, 0.2) is 11.5 Å². The molecule has 0 aromatic carbocycles. The third kappa shape index (κ3) is 4.22. The maximum Gasteiger partial charge on any atom is 0.249 e. The molecule has 3 rings (SSSR count). The van der Waals surface area contributed by atoms with Crippen LogP contribution in [-0.4, -0.2) is 52.3 Å². The number of aromatic nitrogens is 3. The van der Waals surface area contributed by atoms with Gasteiger partial charge >= 0.3 is 0 Å². The van der Waals surface area contributed by atoms with Crippen LogP contribution in [0.1, 0.15) is 57.8 Å². The molecule has 0 atom stereocenters. The van der Waals surface area contributed by atoms with Crippen molar-refractivity contribution in [1.82, 2.24) is 19.7 Å². The number of sulfone groups is 1. The molecule has 0 radical (unpaired) electrons. The van der Waals surface area contributed by atoms with Crippen LogP contribution >= 0.6 is 0 Å². The Morgan fingerprint density at radius 2 is 1.84 bits per heavy atom. The number of likely N-dealkylation sites (tertiary alicyclic amines) is 1. The molecule has 2 aliphatic rings. The van der Waals surface area contributed by atoms with Gasteiger partial charge in [0.15, 0.2) is 0 Å². The summed E-state index contributed by atoms with van der Waals surface area (Å²) < 4.78 is 26.7. The normalized spacial score (nSPS) is 20.8. The standard InChI is InChI=1S/C17H28N4O3S/c1-20-13-18-19-17(20)25(23,24)15-9-11-21(12-10-15)16(22)8-7-14-5-3-2-4-6-14/h13-15H,2-12H2,1H3. The van der Waals surface area contributed by atoms with Crippen molar-refractivity contribution in [2.45, 2.75) is 68.2 Å². The largest absolute Gasteiger partial charge is 0.343 e. The maximum atomic E-state index is 12.7. The lowest BCUT2D eigenvalue weighted by Crippen LogP contribution is -2.43. The molecule has 1 aliphatic heterocycles. The van der Waals surface area contributed by atoms with E-state index in [1.54, 1.807) is 7.05 Å². The van der Waals surface area contributed by atoms with Crippen LogP contribution in [0.2, 0.25) is 0 Å². The molecular weight excluding hydrogens is 340 g/mol. The summed E-state index contributed by atoms with van der Waals surface area (Å²) in [6.07, 6.45) is 10.4. The second-order valence-electron chi connectivity index (χ2n) is 7.39. The van der Waals surface area contributed by atoms with Crippen molar-refractivity contribution in [1.29, 1.82) is 0 Å². The molecule has 0 unspecified atom stereocenters. The van der Waals surface area contributed by atoms with E-state index in [-0.39, 0.29) is 11.1 Å². The number of carbonyl (C=O) groups excluding carboxylic acids is 1. The summed E-state index contributed by atoms with van der Waals surface area (Å²) in [5.74, 6) is 0.881. The summed E-state index contributed by atoms with van der Waals surface area (Å²) in [7, 11) is -1.84. The number of rotatable bonds is 5. The SMILES string of the molecule is Cn1cnnc1S(=O)(=O)C1CCN(C(=O)CCC2CCCCC2)CC1. The lowest BCUT2D eigenvalue weighted by atomic mass is 9.86. The van der Waals surface area contributed by atoms with Crippen LogP contribution < -0.4 is 0 Å².